The molecule has 0 amide bonds. The molecule has 0 rings (SSSR count). The summed E-state index contributed by atoms with van der Waals surface area (Å²) in [6, 6.07) is 0. The van der Waals surface area contributed by atoms with Crippen molar-refractivity contribution in [2.75, 3.05) is 0 Å². The van der Waals surface area contributed by atoms with Crippen LogP contribution in [0.25, 0.3) is 0 Å². The van der Waals surface area contributed by atoms with Crippen molar-refractivity contribution in [3.05, 3.63) is 0 Å². The van der Waals surface area contributed by atoms with E-state index in [2.05, 4.69) is 0 Å². The Morgan fingerprint density at radius 2 is 0.462 bits per heavy atom. The molecule has 0 fully saturated rings. The molecule has 0 spiro atoms. The Balaban J connectivity index is -0.0000000267. The Hall–Kier alpha value is 1.63. The van der Waals surface area contributed by atoms with Crippen molar-refractivity contribution in [3.8, 4) is 0 Å². The van der Waals surface area contributed by atoms with E-state index in [1.165, 1.54) is 0 Å². The van der Waals surface area contributed by atoms with Crippen LogP contribution in [0.2, 0.25) is 0 Å². The number of halogens is 10. The molecule has 0 saturated heterocycles. The molecule has 0 atom stereocenters. The summed E-state index contributed by atoms with van der Waals surface area (Å²) in [5.41, 5.74) is 0. The molecule has 0 heterocycles. The molecular formula is H3B2F8I2Li-2. The molecule has 0 aliphatic rings. The topological polar surface area (TPSA) is 0 Å². The van der Waals surface area contributed by atoms with Crippen LogP contribution in [0.4, 0.5) is 34.5 Å². The molecule has 13 heavy (non-hydrogen) atoms. The second kappa shape index (κ2) is 11.7. The summed E-state index contributed by atoms with van der Waals surface area (Å²) >= 11 is 0. The van der Waals surface area contributed by atoms with Gasteiger partial charge in [-0.2, -0.15) is 0 Å². The normalized spacial score (nSPS) is 9.23. The number of hydrogen-bond acceptors (Lipinski definition) is 0. The Morgan fingerprint density at radius 1 is 0.462 bits per heavy atom. The van der Waals surface area contributed by atoms with E-state index in [1.807, 2.05) is 0 Å². The minimum atomic E-state index is -6.00. The van der Waals surface area contributed by atoms with Crippen LogP contribution in [0.1, 0.15) is 0 Å². The minimum absolute atomic E-state index is 0. The first-order chi connectivity index (χ1) is 4.00. The van der Waals surface area contributed by atoms with Gasteiger partial charge in [-0.1, -0.05) is 0 Å². The fourth-order valence-electron chi connectivity index (χ4n) is 0. The molecule has 0 bridgehead atoms. The van der Waals surface area contributed by atoms with E-state index in [1.54, 1.807) is 0 Å². The van der Waals surface area contributed by atoms with Gasteiger partial charge in [-0.05, 0) is 0 Å². The van der Waals surface area contributed by atoms with Gasteiger partial charge in [-0.25, -0.2) is 0 Å². The summed E-state index contributed by atoms with van der Waals surface area (Å²) in [4.78, 5) is 0. The predicted octanol–water partition coefficient (Wildman–Crippen LogP) is 3.19. The first kappa shape index (κ1) is 29.3. The van der Waals surface area contributed by atoms with Crippen LogP contribution >= 0.6 is 48.0 Å². The molecule has 0 aliphatic heterocycles. The van der Waals surface area contributed by atoms with Crippen molar-refractivity contribution >= 4 is 81.3 Å². The molecule has 0 nitrogen and oxygen atoms in total. The first-order valence-electron chi connectivity index (χ1n) is 1.75. The average Bonchev–Trinajstić information content (AvgIpc) is 1.12. The van der Waals surface area contributed by atoms with Crippen molar-refractivity contribution in [3.63, 3.8) is 0 Å². The molecule has 0 N–H and O–H groups in total. The zero-order valence-electron chi connectivity index (χ0n) is 4.99. The molecule has 0 aromatic heterocycles. The summed E-state index contributed by atoms with van der Waals surface area (Å²) < 4.78 is 78.0. The van der Waals surface area contributed by atoms with Crippen LogP contribution in [0, 0.1) is 0 Å². The molecule has 0 aromatic rings. The molecule has 0 unspecified atom stereocenters. The molecule has 82 valence electrons. The monoisotopic (exact) mass is 438 g/mol. The zero-order chi connectivity index (χ0) is 9.00. The van der Waals surface area contributed by atoms with E-state index >= 15 is 0 Å². The van der Waals surface area contributed by atoms with E-state index in [0.717, 1.165) is 0 Å². The maximum absolute atomic E-state index is 9.75. The van der Waals surface area contributed by atoms with E-state index in [9.17, 15) is 34.5 Å². The third-order valence-corrected chi connectivity index (χ3v) is 0. The molecule has 0 radical (unpaired) electrons. The summed E-state index contributed by atoms with van der Waals surface area (Å²) in [7, 11) is -12.0. The molecule has 0 aromatic carbocycles. The second-order valence-electron chi connectivity index (χ2n) is 0.990. The average molecular weight is 437 g/mol. The Kier molecular flexibility index (Phi) is 26.4. The van der Waals surface area contributed by atoms with Gasteiger partial charge in [0.2, 0.25) is 0 Å². The number of rotatable bonds is 0. The van der Waals surface area contributed by atoms with E-state index in [4.69, 9.17) is 0 Å². The zero-order valence-corrected chi connectivity index (χ0v) is 9.66. The maximum atomic E-state index is 9.75. The Labute approximate surface area is 115 Å². The Bertz CT molecular complexity index is 63.1. The summed E-state index contributed by atoms with van der Waals surface area (Å²) in [5.74, 6) is 0. The molecule has 13 heteroatoms. The van der Waals surface area contributed by atoms with E-state index in [-0.39, 0.29) is 66.8 Å². The van der Waals surface area contributed by atoms with E-state index in [0.29, 0.717) is 0 Å². The first-order valence-corrected chi connectivity index (χ1v) is 1.75. The van der Waals surface area contributed by atoms with Gasteiger partial charge in [0.25, 0.3) is 0 Å². The van der Waals surface area contributed by atoms with Crippen LogP contribution in [-0.2, 0) is 0 Å². The van der Waals surface area contributed by atoms with Gasteiger partial charge in [0.15, 0.2) is 0 Å². The van der Waals surface area contributed by atoms with Gasteiger partial charge < -0.3 is 34.5 Å². The van der Waals surface area contributed by atoms with Gasteiger partial charge in [0.05, 0.1) is 0 Å². The predicted molar refractivity (Wildman–Crippen MR) is 58.4 cm³/mol. The second-order valence-corrected chi connectivity index (χ2v) is 0.990. The van der Waals surface area contributed by atoms with Crippen molar-refractivity contribution in [1.29, 1.82) is 0 Å². The van der Waals surface area contributed by atoms with Crippen LogP contribution in [0.15, 0.2) is 0 Å². The Morgan fingerprint density at radius 3 is 0.462 bits per heavy atom. The van der Waals surface area contributed by atoms with Gasteiger partial charge in [0.1, 0.15) is 0 Å². The third-order valence-electron chi connectivity index (χ3n) is 0. The third kappa shape index (κ3) is 696. The standard InChI is InChI=1S/2BF4.2HI.Li.H/c2*2-1(3,4)5;;;;/h;;2*1H;;/q2*-1;;;;. The summed E-state index contributed by atoms with van der Waals surface area (Å²) in [6.07, 6.45) is 0. The molecule has 0 aliphatic carbocycles. The van der Waals surface area contributed by atoms with E-state index < -0.39 is 14.5 Å². The fourth-order valence-corrected chi connectivity index (χ4v) is 0. The SMILES string of the molecule is F[B-](F)(F)F.F[B-](F)(F)F.I.I.[LiH]. The van der Waals surface area contributed by atoms with Crippen LogP contribution < -0.4 is 0 Å². The summed E-state index contributed by atoms with van der Waals surface area (Å²) in [5, 5.41) is 0. The fraction of sp³-hybridized carbons (Fsp3) is 0. The quantitative estimate of drug-likeness (QED) is 0.310. The van der Waals surface area contributed by atoms with Crippen molar-refractivity contribution < 1.29 is 34.5 Å². The van der Waals surface area contributed by atoms with Crippen molar-refractivity contribution in [1.82, 2.24) is 0 Å². The van der Waals surface area contributed by atoms with Gasteiger partial charge in [0, 0.05) is 0 Å². The summed E-state index contributed by atoms with van der Waals surface area (Å²) in [6.45, 7) is 0. The van der Waals surface area contributed by atoms with Crippen LogP contribution in [0.3, 0.4) is 0 Å². The number of hydrogen-bond donors (Lipinski definition) is 0. The van der Waals surface area contributed by atoms with Crippen molar-refractivity contribution in [2.24, 2.45) is 0 Å². The molecule has 0 saturated carbocycles. The van der Waals surface area contributed by atoms with Crippen LogP contribution in [0.5, 0.6) is 0 Å². The van der Waals surface area contributed by atoms with Gasteiger partial charge in [-0.3, -0.25) is 0 Å². The molecular weight excluding hydrogens is 434 g/mol. The van der Waals surface area contributed by atoms with Gasteiger partial charge >= 0.3 is 33.4 Å². The van der Waals surface area contributed by atoms with Crippen LogP contribution in [-0.4, -0.2) is 33.4 Å². The van der Waals surface area contributed by atoms with Crippen molar-refractivity contribution in [2.45, 2.75) is 0 Å². The van der Waals surface area contributed by atoms with Gasteiger partial charge in [-0.15, -0.1) is 48.0 Å².